The van der Waals surface area contributed by atoms with E-state index in [9.17, 15) is 23.3 Å². The molecule has 176 valence electrons. The minimum absolute atomic E-state index is 0.0495. The molecule has 1 amide bonds. The van der Waals surface area contributed by atoms with Gasteiger partial charge in [-0.1, -0.05) is 35.9 Å². The van der Waals surface area contributed by atoms with Crippen LogP contribution in [0.25, 0.3) is 0 Å². The second-order valence-corrected chi connectivity index (χ2v) is 9.64. The molecule has 0 aliphatic heterocycles. The van der Waals surface area contributed by atoms with Crippen molar-refractivity contribution in [3.05, 3.63) is 99.1 Å². The number of carbonyl (C=O) groups is 1. The number of aryl methyl sites for hydroxylation is 3. The van der Waals surface area contributed by atoms with Gasteiger partial charge in [0.1, 0.15) is 6.54 Å². The van der Waals surface area contributed by atoms with Crippen LogP contribution in [-0.4, -0.2) is 32.0 Å². The Balaban J connectivity index is 1.89. The first-order chi connectivity index (χ1) is 16.1. The van der Waals surface area contributed by atoms with Gasteiger partial charge in [-0.3, -0.25) is 19.2 Å². The molecule has 0 aliphatic rings. The topological polar surface area (TPSA) is 122 Å². The first kappa shape index (κ1) is 24.6. The Morgan fingerprint density at radius 3 is 2.24 bits per heavy atom. The maximum absolute atomic E-state index is 13.4. The van der Waals surface area contributed by atoms with Crippen molar-refractivity contribution in [1.29, 1.82) is 0 Å². The van der Waals surface area contributed by atoms with E-state index >= 15 is 0 Å². The smallest absolute Gasteiger partial charge is 0.271 e. The van der Waals surface area contributed by atoms with Gasteiger partial charge in [-0.05, 0) is 62.2 Å². The molecule has 3 rings (SSSR count). The number of para-hydroxylation sites is 1. The molecule has 0 fully saturated rings. The number of nitrogens with zero attached hydrogens (tertiary/aromatic N) is 3. The molecule has 0 aliphatic carbocycles. The lowest BCUT2D eigenvalue weighted by Crippen LogP contribution is -2.39. The van der Waals surface area contributed by atoms with Crippen LogP contribution < -0.4 is 9.73 Å². The highest BCUT2D eigenvalue weighted by Gasteiger charge is 2.27. The van der Waals surface area contributed by atoms with E-state index in [-0.39, 0.29) is 16.1 Å². The Kier molecular flexibility index (Phi) is 7.42. The summed E-state index contributed by atoms with van der Waals surface area (Å²) in [6, 6.07) is 17.5. The number of hydrazone groups is 1. The normalized spacial score (nSPS) is 11.4. The van der Waals surface area contributed by atoms with E-state index in [1.807, 2.05) is 26.8 Å². The number of anilines is 1. The number of benzene rings is 3. The number of rotatable bonds is 8. The molecule has 3 aromatic carbocycles. The Morgan fingerprint density at radius 2 is 1.62 bits per heavy atom. The third-order valence-corrected chi connectivity index (χ3v) is 6.71. The van der Waals surface area contributed by atoms with Crippen molar-refractivity contribution in [1.82, 2.24) is 5.43 Å². The highest BCUT2D eigenvalue weighted by atomic mass is 32.2. The molecule has 9 nitrogen and oxygen atoms in total. The van der Waals surface area contributed by atoms with E-state index < -0.39 is 27.4 Å². The summed E-state index contributed by atoms with van der Waals surface area (Å²) in [5, 5.41) is 14.9. The summed E-state index contributed by atoms with van der Waals surface area (Å²) in [7, 11) is -4.06. The van der Waals surface area contributed by atoms with Crippen LogP contribution >= 0.6 is 0 Å². The minimum atomic E-state index is -4.06. The first-order valence-corrected chi connectivity index (χ1v) is 11.7. The monoisotopic (exact) mass is 480 g/mol. The van der Waals surface area contributed by atoms with Crippen LogP contribution in [0.1, 0.15) is 22.3 Å². The fourth-order valence-electron chi connectivity index (χ4n) is 3.35. The van der Waals surface area contributed by atoms with E-state index in [4.69, 9.17) is 0 Å². The SMILES string of the molecule is Cc1ccc(S(=O)(=O)N(CC(=O)N/N=C\c2ccccc2[N+](=O)[O-])c2cc(C)cc(C)c2)cc1. The van der Waals surface area contributed by atoms with Gasteiger partial charge < -0.3 is 0 Å². The van der Waals surface area contributed by atoms with Gasteiger partial charge in [0.05, 0.1) is 27.3 Å². The molecule has 0 atom stereocenters. The van der Waals surface area contributed by atoms with Crippen LogP contribution in [-0.2, 0) is 14.8 Å². The number of hydrogen-bond acceptors (Lipinski definition) is 6. The van der Waals surface area contributed by atoms with E-state index in [0.29, 0.717) is 5.69 Å². The second kappa shape index (κ2) is 10.3. The molecule has 0 aromatic heterocycles. The summed E-state index contributed by atoms with van der Waals surface area (Å²) in [5.74, 6) is -0.704. The molecule has 10 heteroatoms. The molecule has 0 bridgehead atoms. The maximum Gasteiger partial charge on any atom is 0.278 e. The number of sulfonamides is 1. The van der Waals surface area contributed by atoms with Crippen molar-refractivity contribution in [2.24, 2.45) is 5.10 Å². The van der Waals surface area contributed by atoms with Gasteiger partial charge in [-0.15, -0.1) is 0 Å². The fourth-order valence-corrected chi connectivity index (χ4v) is 4.75. The lowest BCUT2D eigenvalue weighted by atomic mass is 10.1. The summed E-state index contributed by atoms with van der Waals surface area (Å²) in [5.41, 5.74) is 5.22. The van der Waals surface area contributed by atoms with Crippen molar-refractivity contribution in [2.75, 3.05) is 10.8 Å². The molecule has 0 heterocycles. The molecule has 3 aromatic rings. The third-order valence-electron chi connectivity index (χ3n) is 4.92. The fraction of sp³-hybridized carbons (Fsp3) is 0.167. The zero-order valence-electron chi connectivity index (χ0n) is 18.9. The Labute approximate surface area is 197 Å². The van der Waals surface area contributed by atoms with Crippen LogP contribution in [0, 0.1) is 30.9 Å². The second-order valence-electron chi connectivity index (χ2n) is 7.78. The lowest BCUT2D eigenvalue weighted by molar-refractivity contribution is -0.385. The van der Waals surface area contributed by atoms with E-state index in [1.54, 1.807) is 30.3 Å². The number of amides is 1. The Morgan fingerprint density at radius 1 is 1.00 bits per heavy atom. The molecular formula is C24H24N4O5S. The van der Waals surface area contributed by atoms with Gasteiger partial charge in [-0.2, -0.15) is 5.10 Å². The molecule has 34 heavy (non-hydrogen) atoms. The van der Waals surface area contributed by atoms with Crippen LogP contribution in [0.15, 0.2) is 76.7 Å². The third kappa shape index (κ3) is 5.84. The van der Waals surface area contributed by atoms with Gasteiger partial charge >= 0.3 is 0 Å². The molecule has 0 saturated heterocycles. The van der Waals surface area contributed by atoms with Crippen molar-refractivity contribution < 1.29 is 18.1 Å². The van der Waals surface area contributed by atoms with E-state index in [1.165, 1.54) is 30.3 Å². The highest BCUT2D eigenvalue weighted by molar-refractivity contribution is 7.92. The molecule has 0 radical (unpaired) electrons. The summed E-state index contributed by atoms with van der Waals surface area (Å²) in [6.45, 7) is 4.99. The molecule has 0 spiro atoms. The van der Waals surface area contributed by atoms with Gasteiger partial charge in [0, 0.05) is 6.07 Å². The predicted octanol–water partition coefficient (Wildman–Crippen LogP) is 3.87. The summed E-state index contributed by atoms with van der Waals surface area (Å²) in [6.07, 6.45) is 1.14. The summed E-state index contributed by atoms with van der Waals surface area (Å²) >= 11 is 0. The molecular weight excluding hydrogens is 456 g/mol. The zero-order chi connectivity index (χ0) is 24.9. The average Bonchev–Trinajstić information content (AvgIpc) is 2.77. The van der Waals surface area contributed by atoms with E-state index in [2.05, 4.69) is 10.5 Å². The predicted molar refractivity (Wildman–Crippen MR) is 130 cm³/mol. The minimum Gasteiger partial charge on any atom is -0.271 e. The van der Waals surface area contributed by atoms with Crippen LogP contribution in [0.5, 0.6) is 0 Å². The van der Waals surface area contributed by atoms with Gasteiger partial charge in [0.2, 0.25) is 0 Å². The lowest BCUT2D eigenvalue weighted by Gasteiger charge is -2.24. The van der Waals surface area contributed by atoms with Gasteiger partial charge in [0.15, 0.2) is 0 Å². The van der Waals surface area contributed by atoms with Crippen molar-refractivity contribution in [3.63, 3.8) is 0 Å². The first-order valence-electron chi connectivity index (χ1n) is 10.3. The summed E-state index contributed by atoms with van der Waals surface area (Å²) in [4.78, 5) is 23.3. The van der Waals surface area contributed by atoms with Crippen molar-refractivity contribution in [2.45, 2.75) is 25.7 Å². The zero-order valence-corrected chi connectivity index (χ0v) is 19.7. The van der Waals surface area contributed by atoms with Crippen LogP contribution in [0.2, 0.25) is 0 Å². The van der Waals surface area contributed by atoms with Crippen LogP contribution in [0.3, 0.4) is 0 Å². The van der Waals surface area contributed by atoms with Crippen molar-refractivity contribution in [3.8, 4) is 0 Å². The van der Waals surface area contributed by atoms with Gasteiger partial charge in [-0.25, -0.2) is 13.8 Å². The maximum atomic E-state index is 13.4. The quantitative estimate of drug-likeness (QED) is 0.298. The molecule has 0 unspecified atom stereocenters. The largest absolute Gasteiger partial charge is 0.278 e. The number of nitro benzene ring substituents is 1. The highest BCUT2D eigenvalue weighted by Crippen LogP contribution is 2.26. The number of carbonyl (C=O) groups excluding carboxylic acids is 1. The molecule has 1 N–H and O–H groups in total. The van der Waals surface area contributed by atoms with Crippen LogP contribution in [0.4, 0.5) is 11.4 Å². The summed E-state index contributed by atoms with van der Waals surface area (Å²) < 4.78 is 27.9. The molecule has 0 saturated carbocycles. The standard InChI is InChI=1S/C24H24N4O5S/c1-17-8-10-22(11-9-17)34(32,33)27(21-13-18(2)12-19(3)14-21)16-24(29)26-25-15-20-6-4-5-7-23(20)28(30)31/h4-15H,16H2,1-3H3,(H,26,29)/b25-15-. The number of nitro groups is 1. The van der Waals surface area contributed by atoms with Crippen molar-refractivity contribution >= 4 is 33.5 Å². The van der Waals surface area contributed by atoms with E-state index in [0.717, 1.165) is 27.2 Å². The Hall–Kier alpha value is -4.05. The average molecular weight is 481 g/mol. The van der Waals surface area contributed by atoms with Gasteiger partial charge in [0.25, 0.3) is 21.6 Å². The number of nitrogens with one attached hydrogen (secondary N) is 1. The Bertz CT molecular complexity index is 1330. The number of hydrogen-bond donors (Lipinski definition) is 1.